The molecule has 1 aromatic carbocycles. The number of ether oxygens (including phenoxy) is 2. The average Bonchev–Trinajstić information content (AvgIpc) is 2.58. The highest BCUT2D eigenvalue weighted by Crippen LogP contribution is 2.28. The van der Waals surface area contributed by atoms with Gasteiger partial charge in [0.2, 0.25) is 0 Å². The second-order valence-electron chi connectivity index (χ2n) is 4.14. The summed E-state index contributed by atoms with van der Waals surface area (Å²) in [7, 11) is 3.08. The van der Waals surface area contributed by atoms with Gasteiger partial charge >= 0.3 is 5.97 Å². The van der Waals surface area contributed by atoms with Crippen molar-refractivity contribution in [1.82, 2.24) is 0 Å². The maximum atomic E-state index is 11.5. The average molecular weight is 235 g/mol. The normalized spacial score (nSPS) is 18.6. The van der Waals surface area contributed by atoms with E-state index in [1.54, 1.807) is 7.11 Å². The smallest absolute Gasteiger partial charge is 0.328 e. The molecule has 4 nitrogen and oxygen atoms in total. The van der Waals surface area contributed by atoms with Gasteiger partial charge in [0, 0.05) is 5.69 Å². The lowest BCUT2D eigenvalue weighted by Gasteiger charge is -2.15. The van der Waals surface area contributed by atoms with Gasteiger partial charge in [-0.05, 0) is 43.0 Å². The fraction of sp³-hybridized carbons (Fsp3) is 0.462. The first-order chi connectivity index (χ1) is 8.24. The topological polar surface area (TPSA) is 47.6 Å². The van der Waals surface area contributed by atoms with Gasteiger partial charge in [-0.15, -0.1) is 0 Å². The Morgan fingerprint density at radius 1 is 1.41 bits per heavy atom. The van der Waals surface area contributed by atoms with Crippen LogP contribution in [0, 0.1) is 0 Å². The Hall–Kier alpha value is -1.71. The molecule has 0 saturated carbocycles. The number of carbonyl (C=O) groups is 1. The largest absolute Gasteiger partial charge is 0.497 e. The number of methoxy groups -OCH3 is 2. The molecular weight excluding hydrogens is 218 g/mol. The Morgan fingerprint density at radius 3 is 2.94 bits per heavy atom. The lowest BCUT2D eigenvalue weighted by Crippen LogP contribution is -2.29. The van der Waals surface area contributed by atoms with Crippen molar-refractivity contribution in [3.63, 3.8) is 0 Å². The van der Waals surface area contributed by atoms with Crippen molar-refractivity contribution in [1.29, 1.82) is 0 Å². The van der Waals surface area contributed by atoms with Crippen LogP contribution in [-0.2, 0) is 16.0 Å². The summed E-state index contributed by atoms with van der Waals surface area (Å²) in [6, 6.07) is 5.62. The van der Waals surface area contributed by atoms with Crippen molar-refractivity contribution in [2.75, 3.05) is 19.5 Å². The Morgan fingerprint density at radius 2 is 2.24 bits per heavy atom. The first kappa shape index (κ1) is 11.8. The first-order valence-electron chi connectivity index (χ1n) is 5.76. The van der Waals surface area contributed by atoms with Crippen LogP contribution in [0.1, 0.15) is 18.4 Å². The summed E-state index contributed by atoms with van der Waals surface area (Å²) in [4.78, 5) is 11.5. The maximum Gasteiger partial charge on any atom is 0.328 e. The van der Waals surface area contributed by atoms with Gasteiger partial charge in [0.1, 0.15) is 11.8 Å². The van der Waals surface area contributed by atoms with Crippen molar-refractivity contribution in [2.45, 2.75) is 25.3 Å². The number of hydrogen-bond acceptors (Lipinski definition) is 4. The van der Waals surface area contributed by atoms with E-state index in [1.807, 2.05) is 18.2 Å². The second-order valence-corrected chi connectivity index (χ2v) is 4.14. The van der Waals surface area contributed by atoms with Crippen LogP contribution in [0.25, 0.3) is 0 Å². The zero-order valence-corrected chi connectivity index (χ0v) is 10.2. The predicted octanol–water partition coefficient (Wildman–Crippen LogP) is 1.98. The highest BCUT2D eigenvalue weighted by atomic mass is 16.5. The predicted molar refractivity (Wildman–Crippen MR) is 65.4 cm³/mol. The van der Waals surface area contributed by atoms with Gasteiger partial charge in [0.05, 0.1) is 14.2 Å². The fourth-order valence-corrected chi connectivity index (χ4v) is 2.12. The molecule has 92 valence electrons. The fourth-order valence-electron chi connectivity index (χ4n) is 2.12. The lowest BCUT2D eigenvalue weighted by atomic mass is 10.1. The molecule has 1 unspecified atom stereocenters. The van der Waals surface area contributed by atoms with Crippen molar-refractivity contribution in [3.8, 4) is 5.75 Å². The van der Waals surface area contributed by atoms with Crippen molar-refractivity contribution in [2.24, 2.45) is 0 Å². The minimum Gasteiger partial charge on any atom is -0.497 e. The van der Waals surface area contributed by atoms with Crippen LogP contribution in [0.4, 0.5) is 5.69 Å². The first-order valence-corrected chi connectivity index (χ1v) is 5.76. The van der Waals surface area contributed by atoms with E-state index in [1.165, 1.54) is 12.7 Å². The zero-order chi connectivity index (χ0) is 12.3. The van der Waals surface area contributed by atoms with Crippen molar-refractivity contribution >= 4 is 11.7 Å². The summed E-state index contributed by atoms with van der Waals surface area (Å²) >= 11 is 0. The van der Waals surface area contributed by atoms with E-state index in [9.17, 15) is 4.79 Å². The molecule has 2 rings (SSSR count). The molecular formula is C13H17NO3. The van der Waals surface area contributed by atoms with E-state index < -0.39 is 0 Å². The third-order valence-corrected chi connectivity index (χ3v) is 3.07. The van der Waals surface area contributed by atoms with Crippen LogP contribution in [0.15, 0.2) is 18.2 Å². The monoisotopic (exact) mass is 235 g/mol. The van der Waals surface area contributed by atoms with Gasteiger partial charge < -0.3 is 14.8 Å². The molecule has 0 aromatic heterocycles. The second kappa shape index (κ2) is 5.08. The van der Waals surface area contributed by atoms with Gasteiger partial charge in [0.25, 0.3) is 0 Å². The summed E-state index contributed by atoms with van der Waals surface area (Å²) < 4.78 is 9.98. The summed E-state index contributed by atoms with van der Waals surface area (Å²) in [5.74, 6) is 0.649. The number of fused-ring (bicyclic) bond motifs is 1. The molecule has 4 heteroatoms. The molecule has 0 radical (unpaired) electrons. The molecule has 0 bridgehead atoms. The van der Waals surface area contributed by atoms with Crippen LogP contribution in [0.5, 0.6) is 5.75 Å². The lowest BCUT2D eigenvalue weighted by molar-refractivity contribution is -0.141. The molecule has 1 aliphatic rings. The summed E-state index contributed by atoms with van der Waals surface area (Å²) in [5, 5.41) is 3.23. The number of anilines is 1. The summed E-state index contributed by atoms with van der Waals surface area (Å²) in [5.41, 5.74) is 2.19. The minimum atomic E-state index is -0.241. The molecule has 0 aliphatic carbocycles. The standard InChI is InChI=1S/C13H17NO3/c1-16-10-6-7-11-9(8-10)4-3-5-12(14-11)13(15)17-2/h6-8,12,14H,3-5H2,1-2H3. The Labute approximate surface area is 101 Å². The maximum absolute atomic E-state index is 11.5. The van der Waals surface area contributed by atoms with Crippen LogP contribution in [-0.4, -0.2) is 26.2 Å². The van der Waals surface area contributed by atoms with Gasteiger partial charge in [-0.3, -0.25) is 0 Å². The molecule has 17 heavy (non-hydrogen) atoms. The minimum absolute atomic E-state index is 0.200. The molecule has 0 saturated heterocycles. The Bertz CT molecular complexity index is 417. The number of nitrogens with one attached hydrogen (secondary N) is 1. The van der Waals surface area contributed by atoms with Crippen molar-refractivity contribution < 1.29 is 14.3 Å². The molecule has 1 N–H and O–H groups in total. The van der Waals surface area contributed by atoms with Crippen LogP contribution < -0.4 is 10.1 Å². The molecule has 1 aliphatic heterocycles. The van der Waals surface area contributed by atoms with E-state index in [0.29, 0.717) is 0 Å². The number of aryl methyl sites for hydroxylation is 1. The van der Waals surface area contributed by atoms with Crippen LogP contribution in [0.2, 0.25) is 0 Å². The highest BCUT2D eigenvalue weighted by molar-refractivity contribution is 5.80. The van der Waals surface area contributed by atoms with E-state index in [-0.39, 0.29) is 12.0 Å². The van der Waals surface area contributed by atoms with Gasteiger partial charge in [-0.25, -0.2) is 4.79 Å². The third-order valence-electron chi connectivity index (χ3n) is 3.07. The van der Waals surface area contributed by atoms with E-state index in [2.05, 4.69) is 5.32 Å². The van der Waals surface area contributed by atoms with E-state index >= 15 is 0 Å². The number of esters is 1. The Balaban J connectivity index is 2.23. The van der Waals surface area contributed by atoms with Crippen molar-refractivity contribution in [3.05, 3.63) is 23.8 Å². The van der Waals surface area contributed by atoms with Gasteiger partial charge in [-0.2, -0.15) is 0 Å². The van der Waals surface area contributed by atoms with Gasteiger partial charge in [-0.1, -0.05) is 0 Å². The number of benzene rings is 1. The number of rotatable bonds is 2. The molecule has 0 spiro atoms. The molecule has 1 atom stereocenters. The molecule has 0 fully saturated rings. The van der Waals surface area contributed by atoms with Crippen LogP contribution in [0.3, 0.4) is 0 Å². The number of hydrogen-bond donors (Lipinski definition) is 1. The molecule has 0 amide bonds. The Kier molecular flexibility index (Phi) is 3.52. The SMILES string of the molecule is COC(=O)C1CCCc2cc(OC)ccc2N1. The summed E-state index contributed by atoms with van der Waals surface area (Å²) in [6.45, 7) is 0. The van der Waals surface area contributed by atoms with Gasteiger partial charge in [0.15, 0.2) is 0 Å². The molecule has 1 heterocycles. The van der Waals surface area contributed by atoms with Crippen LogP contribution >= 0.6 is 0 Å². The zero-order valence-electron chi connectivity index (χ0n) is 10.2. The molecule has 1 aromatic rings. The quantitative estimate of drug-likeness (QED) is 0.796. The third kappa shape index (κ3) is 2.52. The summed E-state index contributed by atoms with van der Waals surface area (Å²) in [6.07, 6.45) is 2.71. The number of carbonyl (C=O) groups excluding carboxylic acids is 1. The highest BCUT2D eigenvalue weighted by Gasteiger charge is 2.22. The van der Waals surface area contributed by atoms with E-state index in [4.69, 9.17) is 9.47 Å². The van der Waals surface area contributed by atoms with E-state index in [0.717, 1.165) is 30.7 Å².